The molecule has 0 heteroatoms. The maximum atomic E-state index is 2.37. The highest BCUT2D eigenvalue weighted by atomic mass is 14.3. The lowest BCUT2D eigenvalue weighted by molar-refractivity contribution is 0.377. The Bertz CT molecular complexity index is 580. The third-order valence-corrected chi connectivity index (χ3v) is 4.45. The van der Waals surface area contributed by atoms with Gasteiger partial charge < -0.3 is 0 Å². The second-order valence-corrected chi connectivity index (χ2v) is 7.69. The normalized spacial score (nSPS) is 19.8. The second kappa shape index (κ2) is 8.91. The molecule has 0 saturated heterocycles. The van der Waals surface area contributed by atoms with Crippen LogP contribution >= 0.6 is 0 Å². The molecule has 1 rings (SSSR count). The molecule has 0 radical (unpaired) electrons. The summed E-state index contributed by atoms with van der Waals surface area (Å²) in [4.78, 5) is 0. The summed E-state index contributed by atoms with van der Waals surface area (Å²) in [6, 6.07) is 0. The average molecular weight is 311 g/mol. The zero-order valence-corrected chi connectivity index (χ0v) is 16.2. The summed E-state index contributed by atoms with van der Waals surface area (Å²) >= 11 is 0. The molecule has 0 amide bonds. The lowest BCUT2D eigenvalue weighted by Crippen LogP contribution is -2.19. The van der Waals surface area contributed by atoms with Gasteiger partial charge in [0.25, 0.3) is 0 Å². The van der Waals surface area contributed by atoms with Crippen molar-refractivity contribution in [3.8, 4) is 0 Å². The third kappa shape index (κ3) is 7.03. The highest BCUT2D eigenvalue weighted by Gasteiger charge is 2.26. The Balaban J connectivity index is 2.77. The van der Waals surface area contributed by atoms with Crippen LogP contribution in [0.4, 0.5) is 0 Å². The molecule has 0 unspecified atom stereocenters. The topological polar surface area (TPSA) is 0 Å². The first-order valence-corrected chi connectivity index (χ1v) is 8.77. The molecule has 0 saturated carbocycles. The Morgan fingerprint density at radius 1 is 0.913 bits per heavy atom. The van der Waals surface area contributed by atoms with Crippen LogP contribution < -0.4 is 0 Å². The zero-order valence-electron chi connectivity index (χ0n) is 16.2. The lowest BCUT2D eigenvalue weighted by Gasteiger charge is -2.32. The summed E-state index contributed by atoms with van der Waals surface area (Å²) in [5.41, 5.74) is 7.29. The maximum Gasteiger partial charge on any atom is -0.0104 e. The van der Waals surface area contributed by atoms with Gasteiger partial charge in [-0.3, -0.25) is 0 Å². The molecule has 0 bridgehead atoms. The smallest absolute Gasteiger partial charge is 0.0104 e. The van der Waals surface area contributed by atoms with E-state index in [1.807, 2.05) is 0 Å². The Morgan fingerprint density at radius 3 is 2.17 bits per heavy atom. The maximum absolute atomic E-state index is 2.37. The van der Waals surface area contributed by atoms with Crippen LogP contribution in [0.15, 0.2) is 70.4 Å². The van der Waals surface area contributed by atoms with Crippen LogP contribution in [0.25, 0.3) is 0 Å². The van der Waals surface area contributed by atoms with Crippen molar-refractivity contribution in [2.24, 2.45) is 5.41 Å². The Kier molecular flexibility index (Phi) is 7.55. The van der Waals surface area contributed by atoms with Crippen molar-refractivity contribution < 1.29 is 0 Å². The van der Waals surface area contributed by atoms with Crippen molar-refractivity contribution >= 4 is 0 Å². The highest BCUT2D eigenvalue weighted by Crippen LogP contribution is 2.40. The standard InChI is InChI=1S/C23H34/c1-18(2)13-14-19(3)10-8-11-20(4)15-16-22-21(5)12-9-17-23(22,6)7/h8,10-11,13-16H,9,12,17H2,1-7H3/b10-8+,16-15+,19-14+,20-11+. The van der Waals surface area contributed by atoms with Crippen LogP contribution in [0, 0.1) is 5.41 Å². The summed E-state index contributed by atoms with van der Waals surface area (Å²) < 4.78 is 0. The first kappa shape index (κ1) is 19.5. The predicted octanol–water partition coefficient (Wildman–Crippen LogP) is 7.48. The zero-order chi connectivity index (χ0) is 17.5. The van der Waals surface area contributed by atoms with Gasteiger partial charge in [0.1, 0.15) is 0 Å². The molecule has 0 atom stereocenters. The quantitative estimate of drug-likeness (QED) is 0.461. The van der Waals surface area contributed by atoms with E-state index in [4.69, 9.17) is 0 Å². The van der Waals surface area contributed by atoms with Crippen molar-refractivity contribution in [2.45, 2.75) is 67.7 Å². The van der Waals surface area contributed by atoms with Crippen LogP contribution in [0.1, 0.15) is 67.7 Å². The third-order valence-electron chi connectivity index (χ3n) is 4.45. The minimum atomic E-state index is 0.318. The molecule has 0 heterocycles. The molecule has 0 aliphatic heterocycles. The van der Waals surface area contributed by atoms with Gasteiger partial charge >= 0.3 is 0 Å². The van der Waals surface area contributed by atoms with Crippen LogP contribution in [0.3, 0.4) is 0 Å². The van der Waals surface area contributed by atoms with Gasteiger partial charge in [0.15, 0.2) is 0 Å². The van der Waals surface area contributed by atoms with Crippen LogP contribution in [-0.4, -0.2) is 0 Å². The largest absolute Gasteiger partial charge is 0.0764 e. The molecule has 0 nitrogen and oxygen atoms in total. The molecular formula is C23H34. The first-order chi connectivity index (χ1) is 10.7. The summed E-state index contributed by atoms with van der Waals surface area (Å²) in [5.74, 6) is 0. The van der Waals surface area contributed by atoms with Gasteiger partial charge in [0.05, 0.1) is 0 Å². The van der Waals surface area contributed by atoms with E-state index in [9.17, 15) is 0 Å². The summed E-state index contributed by atoms with van der Waals surface area (Å²) in [6.07, 6.45) is 19.2. The van der Waals surface area contributed by atoms with Crippen molar-refractivity contribution in [3.63, 3.8) is 0 Å². The minimum Gasteiger partial charge on any atom is -0.0764 e. The minimum absolute atomic E-state index is 0.318. The first-order valence-electron chi connectivity index (χ1n) is 8.77. The number of allylic oxidation sites excluding steroid dienone is 12. The molecule has 0 fully saturated rings. The van der Waals surface area contributed by atoms with Crippen LogP contribution in [-0.2, 0) is 0 Å². The van der Waals surface area contributed by atoms with Crippen molar-refractivity contribution in [2.75, 3.05) is 0 Å². The molecule has 0 N–H and O–H groups in total. The molecule has 1 aliphatic carbocycles. The fraction of sp³-hybridized carbons (Fsp3) is 0.478. The Morgan fingerprint density at radius 2 is 1.57 bits per heavy atom. The molecule has 0 aromatic carbocycles. The molecule has 126 valence electrons. The second-order valence-electron chi connectivity index (χ2n) is 7.69. The van der Waals surface area contributed by atoms with Crippen molar-refractivity contribution in [1.29, 1.82) is 0 Å². The van der Waals surface area contributed by atoms with E-state index in [1.165, 1.54) is 41.6 Å². The summed E-state index contributed by atoms with van der Waals surface area (Å²) in [6.45, 7) is 15.6. The molecule has 23 heavy (non-hydrogen) atoms. The van der Waals surface area contributed by atoms with E-state index < -0.39 is 0 Å². The number of hydrogen-bond donors (Lipinski definition) is 0. The van der Waals surface area contributed by atoms with E-state index in [0.717, 1.165) is 0 Å². The number of rotatable bonds is 5. The average Bonchev–Trinajstić information content (AvgIpc) is 2.44. The molecule has 0 aromatic rings. The van der Waals surface area contributed by atoms with Gasteiger partial charge in [-0.2, -0.15) is 0 Å². The monoisotopic (exact) mass is 310 g/mol. The predicted molar refractivity (Wildman–Crippen MR) is 106 cm³/mol. The van der Waals surface area contributed by atoms with Crippen LogP contribution in [0.2, 0.25) is 0 Å². The van der Waals surface area contributed by atoms with E-state index in [-0.39, 0.29) is 0 Å². The number of hydrogen-bond acceptors (Lipinski definition) is 0. The van der Waals surface area contributed by atoms with Gasteiger partial charge in [-0.1, -0.05) is 78.7 Å². The molecule has 0 aromatic heterocycles. The van der Waals surface area contributed by atoms with E-state index >= 15 is 0 Å². The summed E-state index contributed by atoms with van der Waals surface area (Å²) in [7, 11) is 0. The van der Waals surface area contributed by atoms with E-state index in [0.29, 0.717) is 5.41 Å². The molecular weight excluding hydrogens is 276 g/mol. The van der Waals surface area contributed by atoms with Gasteiger partial charge in [-0.15, -0.1) is 0 Å². The fourth-order valence-corrected chi connectivity index (χ4v) is 2.99. The SMILES string of the molecule is CC(C)=C/C=C(C)/C=C/C=C(C)/C=C/C1=C(C)CCCC1(C)C. The van der Waals surface area contributed by atoms with Gasteiger partial charge in [-0.05, 0) is 64.9 Å². The van der Waals surface area contributed by atoms with Crippen molar-refractivity contribution in [3.05, 3.63) is 70.4 Å². The Hall–Kier alpha value is -1.56. The molecule has 0 spiro atoms. The van der Waals surface area contributed by atoms with Gasteiger partial charge in [0.2, 0.25) is 0 Å². The van der Waals surface area contributed by atoms with Crippen LogP contribution in [0.5, 0.6) is 0 Å². The lowest BCUT2D eigenvalue weighted by atomic mass is 9.72. The Labute approximate surface area is 144 Å². The highest BCUT2D eigenvalue weighted by molar-refractivity contribution is 5.37. The van der Waals surface area contributed by atoms with Gasteiger partial charge in [0, 0.05) is 0 Å². The van der Waals surface area contributed by atoms with E-state index in [2.05, 4.69) is 91.0 Å². The fourth-order valence-electron chi connectivity index (χ4n) is 2.99. The van der Waals surface area contributed by atoms with E-state index in [1.54, 1.807) is 5.57 Å². The van der Waals surface area contributed by atoms with Crippen molar-refractivity contribution in [1.82, 2.24) is 0 Å². The molecule has 1 aliphatic rings. The van der Waals surface area contributed by atoms with Gasteiger partial charge in [-0.25, -0.2) is 0 Å². The summed E-state index contributed by atoms with van der Waals surface area (Å²) in [5, 5.41) is 0.